The number of carboxylic acid groups (broad SMARTS) is 1. The van der Waals surface area contributed by atoms with Crippen LogP contribution >= 0.6 is 0 Å². The van der Waals surface area contributed by atoms with Crippen LogP contribution in [0.25, 0.3) is 0 Å². The Labute approximate surface area is 119 Å². The van der Waals surface area contributed by atoms with Gasteiger partial charge in [-0.2, -0.15) is 0 Å². The minimum atomic E-state index is -0.935. The topological polar surface area (TPSA) is 90.0 Å². The average molecular weight is 287 g/mol. The molecule has 0 aromatic heterocycles. The fourth-order valence-corrected chi connectivity index (χ4v) is 1.70. The molecule has 0 aliphatic rings. The predicted octanol–water partition coefficient (Wildman–Crippen LogP) is 0.607. The highest BCUT2D eigenvalue weighted by molar-refractivity contribution is 5.84. The summed E-state index contributed by atoms with van der Waals surface area (Å²) in [5.41, 5.74) is 0. The summed E-state index contributed by atoms with van der Waals surface area (Å²) in [5, 5.41) is 11.4. The van der Waals surface area contributed by atoms with Crippen LogP contribution in [0.3, 0.4) is 0 Å². The zero-order valence-corrected chi connectivity index (χ0v) is 12.7. The van der Waals surface area contributed by atoms with Gasteiger partial charge in [0.2, 0.25) is 5.91 Å². The summed E-state index contributed by atoms with van der Waals surface area (Å²) >= 11 is 0. The number of carbonyl (C=O) groups is 3. The van der Waals surface area contributed by atoms with Gasteiger partial charge in [0.1, 0.15) is 6.54 Å². The van der Waals surface area contributed by atoms with E-state index < -0.39 is 17.9 Å². The standard InChI is InChI=1S/C13H25N3O4/c1-5-10(12(18)19)8-14-13(20)15(4)9-11(17)16(6-2)7-3/h10H,5-9H2,1-4H3,(H,14,20)(H,18,19). The fraction of sp³-hybridized carbons (Fsp3) is 0.769. The number of aliphatic carboxylic acids is 1. The van der Waals surface area contributed by atoms with E-state index in [4.69, 9.17) is 5.11 Å². The summed E-state index contributed by atoms with van der Waals surface area (Å²) in [5.74, 6) is -1.67. The lowest BCUT2D eigenvalue weighted by Gasteiger charge is -2.23. The van der Waals surface area contributed by atoms with Gasteiger partial charge in [-0.25, -0.2) is 4.79 Å². The van der Waals surface area contributed by atoms with E-state index in [1.807, 2.05) is 13.8 Å². The average Bonchev–Trinajstić information content (AvgIpc) is 2.39. The fourth-order valence-electron chi connectivity index (χ4n) is 1.70. The number of carboxylic acids is 1. The molecule has 2 N–H and O–H groups in total. The summed E-state index contributed by atoms with van der Waals surface area (Å²) < 4.78 is 0. The highest BCUT2D eigenvalue weighted by Gasteiger charge is 2.19. The molecule has 0 bridgehead atoms. The van der Waals surface area contributed by atoms with Crippen LogP contribution in [0.4, 0.5) is 4.79 Å². The van der Waals surface area contributed by atoms with E-state index in [-0.39, 0.29) is 19.0 Å². The van der Waals surface area contributed by atoms with Gasteiger partial charge in [-0.1, -0.05) is 6.92 Å². The van der Waals surface area contributed by atoms with Gasteiger partial charge in [-0.3, -0.25) is 9.59 Å². The third-order valence-electron chi connectivity index (χ3n) is 3.18. The van der Waals surface area contributed by atoms with Crippen molar-refractivity contribution >= 4 is 17.9 Å². The maximum Gasteiger partial charge on any atom is 0.317 e. The van der Waals surface area contributed by atoms with Gasteiger partial charge in [0.05, 0.1) is 5.92 Å². The van der Waals surface area contributed by atoms with Gasteiger partial charge in [0, 0.05) is 26.7 Å². The second-order valence-corrected chi connectivity index (χ2v) is 4.55. The Kier molecular flexibility index (Phi) is 8.35. The lowest BCUT2D eigenvalue weighted by Crippen LogP contribution is -2.46. The summed E-state index contributed by atoms with van der Waals surface area (Å²) in [4.78, 5) is 37.3. The monoisotopic (exact) mass is 287 g/mol. The van der Waals surface area contributed by atoms with Gasteiger partial charge in [-0.15, -0.1) is 0 Å². The van der Waals surface area contributed by atoms with Gasteiger partial charge < -0.3 is 20.2 Å². The predicted molar refractivity (Wildman–Crippen MR) is 75.4 cm³/mol. The van der Waals surface area contributed by atoms with Gasteiger partial charge in [-0.05, 0) is 20.3 Å². The first-order chi connectivity index (χ1) is 9.37. The number of nitrogens with one attached hydrogen (secondary N) is 1. The number of hydrogen-bond donors (Lipinski definition) is 2. The van der Waals surface area contributed by atoms with Gasteiger partial charge >= 0.3 is 12.0 Å². The van der Waals surface area contributed by atoms with Crippen molar-refractivity contribution in [1.82, 2.24) is 15.1 Å². The maximum absolute atomic E-state index is 11.8. The Hall–Kier alpha value is -1.79. The highest BCUT2D eigenvalue weighted by Crippen LogP contribution is 2.01. The first-order valence-electron chi connectivity index (χ1n) is 6.86. The van der Waals surface area contributed by atoms with Crippen molar-refractivity contribution in [2.45, 2.75) is 27.2 Å². The Balaban J connectivity index is 4.28. The second-order valence-electron chi connectivity index (χ2n) is 4.55. The molecular formula is C13H25N3O4. The molecule has 0 heterocycles. The number of urea groups is 1. The SMILES string of the molecule is CCC(CNC(=O)N(C)CC(=O)N(CC)CC)C(=O)O. The van der Waals surface area contributed by atoms with Crippen molar-refractivity contribution in [3.63, 3.8) is 0 Å². The van der Waals surface area contributed by atoms with Crippen LogP contribution in [0.2, 0.25) is 0 Å². The molecular weight excluding hydrogens is 262 g/mol. The van der Waals surface area contributed by atoms with Crippen LogP contribution in [0, 0.1) is 5.92 Å². The molecule has 0 aliphatic carbocycles. The second kappa shape index (κ2) is 9.17. The zero-order chi connectivity index (χ0) is 15.7. The van der Waals surface area contributed by atoms with Crippen LogP contribution < -0.4 is 5.32 Å². The Morgan fingerprint density at radius 1 is 1.15 bits per heavy atom. The Bertz CT molecular complexity index is 343. The summed E-state index contributed by atoms with van der Waals surface area (Å²) in [6, 6.07) is -0.440. The van der Waals surface area contributed by atoms with E-state index in [0.29, 0.717) is 19.5 Å². The minimum Gasteiger partial charge on any atom is -0.481 e. The first-order valence-corrected chi connectivity index (χ1v) is 6.86. The number of carbonyl (C=O) groups excluding carboxylic acids is 2. The normalized spacial score (nSPS) is 11.6. The molecule has 7 nitrogen and oxygen atoms in total. The van der Waals surface area contributed by atoms with Crippen molar-refractivity contribution < 1.29 is 19.5 Å². The third kappa shape index (κ3) is 5.90. The molecule has 0 rings (SSSR count). The summed E-state index contributed by atoms with van der Waals surface area (Å²) in [7, 11) is 1.51. The molecule has 0 aromatic carbocycles. The first kappa shape index (κ1) is 18.2. The number of amides is 3. The molecule has 0 radical (unpaired) electrons. The summed E-state index contributed by atoms with van der Waals surface area (Å²) in [6.45, 7) is 6.74. The summed E-state index contributed by atoms with van der Waals surface area (Å²) in [6.07, 6.45) is 0.442. The quantitative estimate of drug-likeness (QED) is 0.684. The lowest BCUT2D eigenvalue weighted by atomic mass is 10.1. The molecule has 116 valence electrons. The number of likely N-dealkylation sites (N-methyl/N-ethyl adjacent to an activating group) is 2. The molecule has 0 spiro atoms. The highest BCUT2D eigenvalue weighted by atomic mass is 16.4. The molecule has 1 unspecified atom stereocenters. The molecule has 0 fully saturated rings. The van der Waals surface area contributed by atoms with E-state index in [1.54, 1.807) is 11.8 Å². The molecule has 20 heavy (non-hydrogen) atoms. The number of nitrogens with zero attached hydrogens (tertiary/aromatic N) is 2. The van der Waals surface area contributed by atoms with Crippen LogP contribution in [-0.2, 0) is 9.59 Å². The van der Waals surface area contributed by atoms with E-state index in [2.05, 4.69) is 5.32 Å². The molecule has 0 aromatic rings. The molecule has 0 saturated heterocycles. The van der Waals surface area contributed by atoms with Crippen molar-refractivity contribution in [2.75, 3.05) is 33.2 Å². The van der Waals surface area contributed by atoms with Crippen molar-refractivity contribution in [3.05, 3.63) is 0 Å². The minimum absolute atomic E-state index is 0.0165. The van der Waals surface area contributed by atoms with E-state index in [0.717, 1.165) is 0 Å². The van der Waals surface area contributed by atoms with Crippen LogP contribution in [0.1, 0.15) is 27.2 Å². The Morgan fingerprint density at radius 3 is 2.10 bits per heavy atom. The van der Waals surface area contributed by atoms with E-state index in [1.165, 1.54) is 11.9 Å². The zero-order valence-electron chi connectivity index (χ0n) is 12.7. The molecule has 7 heteroatoms. The van der Waals surface area contributed by atoms with E-state index in [9.17, 15) is 14.4 Å². The van der Waals surface area contributed by atoms with Gasteiger partial charge in [0.25, 0.3) is 0 Å². The van der Waals surface area contributed by atoms with Crippen molar-refractivity contribution in [1.29, 1.82) is 0 Å². The maximum atomic E-state index is 11.8. The van der Waals surface area contributed by atoms with E-state index >= 15 is 0 Å². The molecule has 0 saturated carbocycles. The third-order valence-corrected chi connectivity index (χ3v) is 3.18. The molecule has 3 amide bonds. The van der Waals surface area contributed by atoms with Crippen LogP contribution in [-0.4, -0.2) is 66.0 Å². The van der Waals surface area contributed by atoms with Gasteiger partial charge in [0.15, 0.2) is 0 Å². The largest absolute Gasteiger partial charge is 0.481 e. The van der Waals surface area contributed by atoms with Crippen molar-refractivity contribution in [3.8, 4) is 0 Å². The van der Waals surface area contributed by atoms with Crippen LogP contribution in [0.5, 0.6) is 0 Å². The lowest BCUT2D eigenvalue weighted by molar-refractivity contribution is -0.141. The Morgan fingerprint density at radius 2 is 1.70 bits per heavy atom. The number of hydrogen-bond acceptors (Lipinski definition) is 3. The number of rotatable bonds is 8. The van der Waals surface area contributed by atoms with Crippen LogP contribution in [0.15, 0.2) is 0 Å². The molecule has 0 aliphatic heterocycles. The molecule has 1 atom stereocenters. The smallest absolute Gasteiger partial charge is 0.317 e. The van der Waals surface area contributed by atoms with Crippen molar-refractivity contribution in [2.24, 2.45) is 5.92 Å².